The Morgan fingerprint density at radius 2 is 1.80 bits per heavy atom. The molecule has 1 saturated heterocycles. The number of ether oxygens (including phenoxy) is 1. The number of hydrogen-bond donors (Lipinski definition) is 2. The zero-order chi connectivity index (χ0) is 25.6. The van der Waals surface area contributed by atoms with Crippen molar-refractivity contribution in [3.05, 3.63) is 11.6 Å². The van der Waals surface area contributed by atoms with E-state index in [1.54, 1.807) is 0 Å². The van der Waals surface area contributed by atoms with Crippen molar-refractivity contribution in [3.8, 4) is 0 Å². The summed E-state index contributed by atoms with van der Waals surface area (Å²) in [5.74, 6) is 0.411. The second-order valence-corrected chi connectivity index (χ2v) is 14.9. The molecule has 0 aromatic rings. The predicted molar refractivity (Wildman–Crippen MR) is 132 cm³/mol. The zero-order valence-corrected chi connectivity index (χ0v) is 22.6. The number of carbonyl (C=O) groups excluding carboxylic acids is 2. The zero-order valence-electron chi connectivity index (χ0n) is 22.6. The highest BCUT2D eigenvalue weighted by Gasteiger charge is 2.83. The van der Waals surface area contributed by atoms with Gasteiger partial charge in [-0.25, -0.2) is 0 Å². The van der Waals surface area contributed by atoms with Crippen LogP contribution in [0.25, 0.3) is 0 Å². The van der Waals surface area contributed by atoms with Gasteiger partial charge < -0.3 is 14.9 Å². The molecule has 0 radical (unpaired) electrons. The van der Waals surface area contributed by atoms with Crippen LogP contribution in [0.15, 0.2) is 11.6 Å². The molecule has 6 rings (SSSR count). The van der Waals surface area contributed by atoms with E-state index in [2.05, 4.69) is 40.7 Å². The minimum Gasteiger partial charge on any atom is -0.393 e. The summed E-state index contributed by atoms with van der Waals surface area (Å²) in [7, 11) is 0. The van der Waals surface area contributed by atoms with Crippen molar-refractivity contribution in [3.63, 3.8) is 0 Å². The molecule has 4 saturated carbocycles. The Balaban J connectivity index is 1.35. The van der Waals surface area contributed by atoms with Crippen LogP contribution < -0.4 is 0 Å². The van der Waals surface area contributed by atoms with Crippen LogP contribution in [-0.2, 0) is 14.3 Å². The minimum absolute atomic E-state index is 0.0428. The van der Waals surface area contributed by atoms with Crippen molar-refractivity contribution in [1.82, 2.24) is 0 Å². The fraction of sp³-hybridized carbons (Fsp3) is 0.867. The summed E-state index contributed by atoms with van der Waals surface area (Å²) in [6.45, 7) is 14.8. The predicted octanol–water partition coefficient (Wildman–Crippen LogP) is 4.63. The first-order valence-corrected chi connectivity index (χ1v) is 13.9. The molecule has 5 nitrogen and oxygen atoms in total. The van der Waals surface area contributed by atoms with Gasteiger partial charge in [0.25, 0.3) is 0 Å². The van der Waals surface area contributed by atoms with Crippen LogP contribution in [0.2, 0.25) is 0 Å². The Labute approximate surface area is 210 Å². The third-order valence-corrected chi connectivity index (χ3v) is 12.7. The number of aliphatic hydroxyl groups excluding tert-OH is 2. The maximum Gasteiger partial charge on any atom is 0.164 e. The summed E-state index contributed by atoms with van der Waals surface area (Å²) in [5, 5.41) is 22.8. The smallest absolute Gasteiger partial charge is 0.164 e. The first kappa shape index (κ1) is 24.3. The van der Waals surface area contributed by atoms with Crippen LogP contribution in [0.4, 0.5) is 0 Å². The van der Waals surface area contributed by atoms with Crippen LogP contribution in [0.5, 0.6) is 0 Å². The average molecular weight is 485 g/mol. The number of hydrogen-bond acceptors (Lipinski definition) is 5. The average Bonchev–Trinajstić information content (AvgIpc) is 3.58. The van der Waals surface area contributed by atoms with Crippen molar-refractivity contribution in [2.75, 3.05) is 0 Å². The molecule has 6 aliphatic rings. The monoisotopic (exact) mass is 484 g/mol. The molecule has 2 spiro atoms. The number of ketones is 2. The number of fused-ring (bicyclic) bond motifs is 2. The van der Waals surface area contributed by atoms with Crippen LogP contribution in [0.1, 0.15) is 93.4 Å². The van der Waals surface area contributed by atoms with Gasteiger partial charge in [0, 0.05) is 29.6 Å². The molecule has 0 bridgehead atoms. The Bertz CT molecular complexity index is 1040. The lowest BCUT2D eigenvalue weighted by molar-refractivity contribution is -0.131. The highest BCUT2D eigenvalue weighted by atomic mass is 16.6. The van der Waals surface area contributed by atoms with Crippen LogP contribution >= 0.6 is 0 Å². The molecular formula is C30H44O5. The quantitative estimate of drug-likeness (QED) is 0.449. The summed E-state index contributed by atoms with van der Waals surface area (Å²) in [4.78, 5) is 26.6. The fourth-order valence-corrected chi connectivity index (χ4v) is 10.6. The van der Waals surface area contributed by atoms with Gasteiger partial charge in [0.1, 0.15) is 11.9 Å². The van der Waals surface area contributed by atoms with Crippen molar-refractivity contribution in [2.24, 2.45) is 44.8 Å². The van der Waals surface area contributed by atoms with Crippen molar-refractivity contribution >= 4 is 11.6 Å². The lowest BCUT2D eigenvalue weighted by atomic mass is 9.44. The molecule has 35 heavy (non-hydrogen) atoms. The molecular weight excluding hydrogens is 440 g/mol. The third-order valence-electron chi connectivity index (χ3n) is 12.7. The van der Waals surface area contributed by atoms with E-state index in [0.29, 0.717) is 25.2 Å². The Morgan fingerprint density at radius 3 is 2.43 bits per heavy atom. The first-order chi connectivity index (χ1) is 16.1. The Hall–Kier alpha value is -1.04. The largest absolute Gasteiger partial charge is 0.393 e. The highest BCUT2D eigenvalue weighted by molar-refractivity contribution is 5.90. The second-order valence-electron chi connectivity index (χ2n) is 14.9. The highest BCUT2D eigenvalue weighted by Crippen LogP contribution is 2.87. The first-order valence-electron chi connectivity index (χ1n) is 13.9. The van der Waals surface area contributed by atoms with Crippen molar-refractivity contribution in [2.45, 2.75) is 117 Å². The van der Waals surface area contributed by atoms with Crippen LogP contribution in [-0.4, -0.2) is 45.7 Å². The van der Waals surface area contributed by atoms with E-state index >= 15 is 0 Å². The molecule has 2 N–H and O–H groups in total. The molecule has 0 amide bonds. The minimum atomic E-state index is -0.484. The van der Waals surface area contributed by atoms with Gasteiger partial charge in [-0.2, -0.15) is 0 Å². The number of aliphatic hydroxyl groups is 2. The summed E-state index contributed by atoms with van der Waals surface area (Å²) < 4.78 is 5.59. The summed E-state index contributed by atoms with van der Waals surface area (Å²) in [5.41, 5.74) is -0.102. The van der Waals surface area contributed by atoms with Gasteiger partial charge in [0.15, 0.2) is 5.78 Å². The number of rotatable bonds is 4. The Kier molecular flexibility index (Phi) is 4.64. The number of carbonyl (C=O) groups is 2. The lowest BCUT2D eigenvalue weighted by Gasteiger charge is -2.60. The number of allylic oxidation sites excluding steroid dienone is 1. The fourth-order valence-electron chi connectivity index (χ4n) is 10.6. The molecule has 0 unspecified atom stereocenters. The Morgan fingerprint density at radius 1 is 1.14 bits per heavy atom. The SMILES string of the molecule is C[C@H](CC(=O)[C@@H]1OC1(C)C)[C@H]1C(=O)C[C@@]2(C)C3=CC[C@H]4C(C)(C)[C@@H](O)CC[C@@]45C[C@@]35[C@@H](O)C[C@]12C. The molecule has 1 heterocycles. The van der Waals surface area contributed by atoms with Crippen molar-refractivity contribution < 1.29 is 24.5 Å². The molecule has 10 atom stereocenters. The maximum absolute atomic E-state index is 13.7. The topological polar surface area (TPSA) is 87.1 Å². The van der Waals surface area contributed by atoms with Gasteiger partial charge >= 0.3 is 0 Å². The molecule has 194 valence electrons. The van der Waals surface area contributed by atoms with Crippen molar-refractivity contribution in [1.29, 1.82) is 0 Å². The van der Waals surface area contributed by atoms with Gasteiger partial charge in [-0.05, 0) is 74.0 Å². The van der Waals surface area contributed by atoms with Crippen LogP contribution in [0, 0.1) is 44.8 Å². The molecule has 1 aliphatic heterocycles. The van der Waals surface area contributed by atoms with Gasteiger partial charge in [0.2, 0.25) is 0 Å². The molecule has 0 aromatic carbocycles. The normalized spacial score (nSPS) is 53.5. The van der Waals surface area contributed by atoms with E-state index in [1.807, 2.05) is 13.8 Å². The maximum atomic E-state index is 13.7. The van der Waals surface area contributed by atoms with Gasteiger partial charge in [0.05, 0.1) is 17.8 Å². The van der Waals surface area contributed by atoms with E-state index in [1.165, 1.54) is 5.57 Å². The second kappa shape index (κ2) is 6.69. The van der Waals surface area contributed by atoms with Gasteiger partial charge in [-0.1, -0.05) is 46.3 Å². The van der Waals surface area contributed by atoms with Gasteiger partial charge in [-0.3, -0.25) is 9.59 Å². The van der Waals surface area contributed by atoms with E-state index < -0.39 is 6.10 Å². The standard InChI is InChI=1S/C30H44O5/c1-16(12-17(31)24-26(4,5)35-24)23-18(32)13-27(6)20-9-8-19-25(2,3)21(33)10-11-29(19)15-30(20,29)22(34)14-28(23,27)7/h9,16,19,21-24,33-34H,8,10-15H2,1-7H3/t16-,19+,21+,22+,23+,24+,27+,28-,29-,30+/m1/s1. The molecule has 5 heteroatoms. The molecule has 5 aliphatic carbocycles. The molecule has 0 aromatic heterocycles. The van der Waals surface area contributed by atoms with E-state index in [0.717, 1.165) is 25.7 Å². The summed E-state index contributed by atoms with van der Waals surface area (Å²) in [6.07, 6.45) is 6.37. The number of Topliss-reactive ketones (excluding diaryl/α,β-unsaturated/α-hetero) is 2. The number of epoxide rings is 1. The summed E-state index contributed by atoms with van der Waals surface area (Å²) in [6, 6.07) is 0. The summed E-state index contributed by atoms with van der Waals surface area (Å²) >= 11 is 0. The van der Waals surface area contributed by atoms with E-state index in [9.17, 15) is 19.8 Å². The van der Waals surface area contributed by atoms with Crippen LogP contribution in [0.3, 0.4) is 0 Å². The van der Waals surface area contributed by atoms with Gasteiger partial charge in [-0.15, -0.1) is 0 Å². The third kappa shape index (κ3) is 2.66. The molecule has 5 fully saturated rings. The van der Waals surface area contributed by atoms with E-state index in [-0.39, 0.29) is 68.3 Å². The lowest BCUT2D eigenvalue weighted by Crippen LogP contribution is -2.57. The van der Waals surface area contributed by atoms with E-state index in [4.69, 9.17) is 4.74 Å².